The molecule has 10 heteroatoms. The number of hydrogen-bond acceptors (Lipinski definition) is 8. The molecule has 0 atom stereocenters. The Morgan fingerprint density at radius 2 is 1.50 bits per heavy atom. The van der Waals surface area contributed by atoms with Crippen molar-refractivity contribution in [2.75, 3.05) is 30.3 Å². The van der Waals surface area contributed by atoms with Crippen molar-refractivity contribution < 1.29 is 5.11 Å². The maximum Gasteiger partial charge on any atom is 0.139 e. The molecule has 1 aromatic carbocycles. The third-order valence-electron chi connectivity index (χ3n) is 6.08. The average Bonchev–Trinajstić information content (AvgIpc) is 3.72. The van der Waals surface area contributed by atoms with Gasteiger partial charge in [0.25, 0.3) is 0 Å². The van der Waals surface area contributed by atoms with Gasteiger partial charge in [0.05, 0.1) is 6.61 Å². The number of aromatic nitrogens is 5. The van der Waals surface area contributed by atoms with Crippen LogP contribution in [0.4, 0.5) is 17.3 Å². The van der Waals surface area contributed by atoms with Crippen molar-refractivity contribution in [2.45, 2.75) is 32.2 Å². The molecule has 0 aliphatic rings. The van der Waals surface area contributed by atoms with E-state index in [4.69, 9.17) is 5.11 Å². The van der Waals surface area contributed by atoms with E-state index in [2.05, 4.69) is 58.9 Å². The topological polar surface area (TPSA) is 118 Å². The summed E-state index contributed by atoms with van der Waals surface area (Å²) in [6.45, 7) is 8.55. The molecule has 0 radical (unpaired) electrons. The third-order valence-corrected chi connectivity index (χ3v) is 7.26. The molecule has 0 unspecified atom stereocenters. The van der Waals surface area contributed by atoms with Crippen LogP contribution in [-0.2, 0) is 6.54 Å². The van der Waals surface area contributed by atoms with E-state index < -0.39 is 0 Å². The van der Waals surface area contributed by atoms with Crippen LogP contribution in [0.15, 0.2) is 102 Å². The highest BCUT2D eigenvalue weighted by Crippen LogP contribution is 2.25. The lowest BCUT2D eigenvalue weighted by atomic mass is 10.3. The molecule has 5 aromatic heterocycles. The molecule has 9 nitrogen and oxygen atoms in total. The average molecular weight is 583 g/mol. The van der Waals surface area contributed by atoms with E-state index in [-0.39, 0.29) is 6.61 Å². The fraction of sp³-hybridized carbons (Fsp3) is 0.219. The van der Waals surface area contributed by atoms with Crippen molar-refractivity contribution in [1.29, 1.82) is 0 Å². The number of anilines is 3. The number of rotatable bonds is 10. The van der Waals surface area contributed by atoms with E-state index >= 15 is 0 Å². The molecule has 42 heavy (non-hydrogen) atoms. The van der Waals surface area contributed by atoms with Gasteiger partial charge in [-0.3, -0.25) is 4.98 Å². The molecular weight excluding hydrogens is 544 g/mol. The van der Waals surface area contributed by atoms with E-state index in [1.807, 2.05) is 93.1 Å². The van der Waals surface area contributed by atoms with Gasteiger partial charge < -0.3 is 25.7 Å². The molecule has 5 heterocycles. The van der Waals surface area contributed by atoms with Crippen molar-refractivity contribution in [3.05, 3.63) is 103 Å². The normalized spacial score (nSPS) is 10.6. The Hall–Kier alpha value is -4.38. The minimum absolute atomic E-state index is 0.174. The Labute approximate surface area is 251 Å². The van der Waals surface area contributed by atoms with Gasteiger partial charge in [-0.1, -0.05) is 26.8 Å². The first-order chi connectivity index (χ1) is 20.7. The van der Waals surface area contributed by atoms with Crippen LogP contribution < -0.4 is 10.6 Å². The summed E-state index contributed by atoms with van der Waals surface area (Å²) in [6.07, 6.45) is 7.40. The fourth-order valence-electron chi connectivity index (χ4n) is 4.00. The van der Waals surface area contributed by atoms with Gasteiger partial charge >= 0.3 is 0 Å². The molecular formula is C32H38N8OS. The Bertz CT molecular complexity index is 1620. The molecule has 0 saturated carbocycles. The number of pyridine rings is 3. The molecule has 5 N–H and O–H groups in total. The minimum atomic E-state index is 0.174. The zero-order valence-electron chi connectivity index (χ0n) is 24.2. The van der Waals surface area contributed by atoms with Gasteiger partial charge in [0.2, 0.25) is 0 Å². The summed E-state index contributed by atoms with van der Waals surface area (Å²) in [6, 6.07) is 24.2. The number of hydrogen-bond donors (Lipinski definition) is 5. The summed E-state index contributed by atoms with van der Waals surface area (Å²) < 4.78 is 2.13. The Morgan fingerprint density at radius 1 is 0.833 bits per heavy atom. The first-order valence-corrected chi connectivity index (χ1v) is 14.9. The lowest BCUT2D eigenvalue weighted by Gasteiger charge is -2.17. The summed E-state index contributed by atoms with van der Waals surface area (Å²) in [5.41, 5.74) is 3.92. The summed E-state index contributed by atoms with van der Waals surface area (Å²) in [5.74, 6) is 1.68. The van der Waals surface area contributed by atoms with E-state index in [1.54, 1.807) is 18.1 Å². The van der Waals surface area contributed by atoms with Gasteiger partial charge in [-0.2, -0.15) is 0 Å². The number of nitrogens with one attached hydrogen (secondary N) is 4. The number of aliphatic hydroxyl groups excluding tert-OH is 1. The van der Waals surface area contributed by atoms with Gasteiger partial charge in [0, 0.05) is 65.8 Å². The van der Waals surface area contributed by atoms with E-state index in [9.17, 15) is 0 Å². The Morgan fingerprint density at radius 3 is 2.12 bits per heavy atom. The second-order valence-corrected chi connectivity index (χ2v) is 10.1. The highest BCUT2D eigenvalue weighted by Gasteiger charge is 2.05. The van der Waals surface area contributed by atoms with Crippen molar-refractivity contribution >= 4 is 51.3 Å². The van der Waals surface area contributed by atoms with Crippen LogP contribution in [-0.4, -0.2) is 54.0 Å². The van der Waals surface area contributed by atoms with Crippen molar-refractivity contribution in [3.63, 3.8) is 0 Å². The maximum atomic E-state index is 9.04. The highest BCUT2D eigenvalue weighted by atomic mass is 32.2. The SMILES string of the molecule is CC.CCN(CCO)Sc1ccc(Nc2ccc3cc[nH]c3n2)cc1.c1cncc(CNc2ccc3cc[nH]c3n2)c1. The Balaban J connectivity index is 0.000000189. The number of aromatic amines is 2. The number of benzene rings is 1. The van der Waals surface area contributed by atoms with Gasteiger partial charge in [-0.05, 0) is 84.2 Å². The molecule has 0 spiro atoms. The zero-order valence-corrected chi connectivity index (χ0v) is 25.0. The molecule has 0 aliphatic carbocycles. The van der Waals surface area contributed by atoms with Gasteiger partial charge in [-0.25, -0.2) is 14.3 Å². The fourth-order valence-corrected chi connectivity index (χ4v) is 4.86. The van der Waals surface area contributed by atoms with E-state index in [1.165, 1.54) is 0 Å². The standard InChI is InChI=1S/C17H20N4OS.C13H12N4.C2H6/c1-2-21(11-12-22)23-15-6-4-14(5-7-15)19-16-8-3-13-9-10-18-17(13)20-16;1-2-10(8-14-6-1)9-16-12-4-3-11-5-7-15-13(11)17-12;1-2/h3-10,22H,2,11-12H2,1H3,(H2,18,19,20);1-8H,9H2,(H2,15,16,17);1-2H3. The Kier molecular flexibility index (Phi) is 11.8. The van der Waals surface area contributed by atoms with E-state index in [0.29, 0.717) is 6.54 Å². The quantitative estimate of drug-likeness (QED) is 0.107. The number of fused-ring (bicyclic) bond motifs is 2. The van der Waals surface area contributed by atoms with Crippen LogP contribution in [0, 0.1) is 0 Å². The van der Waals surface area contributed by atoms with Crippen LogP contribution in [0.1, 0.15) is 26.3 Å². The smallest absolute Gasteiger partial charge is 0.139 e. The molecule has 6 rings (SSSR count). The van der Waals surface area contributed by atoms with Crippen LogP contribution in [0.3, 0.4) is 0 Å². The van der Waals surface area contributed by atoms with E-state index in [0.717, 1.165) is 62.9 Å². The summed E-state index contributed by atoms with van der Waals surface area (Å²) >= 11 is 1.66. The van der Waals surface area contributed by atoms with Crippen molar-refractivity contribution in [2.24, 2.45) is 0 Å². The van der Waals surface area contributed by atoms with Crippen molar-refractivity contribution in [3.8, 4) is 0 Å². The summed E-state index contributed by atoms with van der Waals surface area (Å²) in [7, 11) is 0. The number of nitrogens with zero attached hydrogens (tertiary/aromatic N) is 4. The monoisotopic (exact) mass is 582 g/mol. The van der Waals surface area contributed by atoms with Crippen LogP contribution in [0.2, 0.25) is 0 Å². The second kappa shape index (κ2) is 16.2. The second-order valence-electron chi connectivity index (χ2n) is 8.92. The number of aliphatic hydroxyl groups is 1. The minimum Gasteiger partial charge on any atom is -0.395 e. The van der Waals surface area contributed by atoms with Gasteiger partial charge in [-0.15, -0.1) is 0 Å². The molecule has 0 aliphatic heterocycles. The first kappa shape index (κ1) is 30.6. The van der Waals surface area contributed by atoms with Crippen LogP contribution in [0.25, 0.3) is 22.1 Å². The first-order valence-electron chi connectivity index (χ1n) is 14.1. The van der Waals surface area contributed by atoms with Gasteiger partial charge in [0.15, 0.2) is 0 Å². The maximum absolute atomic E-state index is 9.04. The lowest BCUT2D eigenvalue weighted by Crippen LogP contribution is -2.18. The van der Waals surface area contributed by atoms with Crippen LogP contribution in [0.5, 0.6) is 0 Å². The predicted octanol–water partition coefficient (Wildman–Crippen LogP) is 7.22. The van der Waals surface area contributed by atoms with Crippen LogP contribution >= 0.6 is 11.9 Å². The molecule has 0 amide bonds. The van der Waals surface area contributed by atoms with Crippen molar-refractivity contribution in [1.82, 2.24) is 29.2 Å². The zero-order chi connectivity index (χ0) is 29.6. The predicted molar refractivity (Wildman–Crippen MR) is 175 cm³/mol. The molecule has 0 fully saturated rings. The number of likely N-dealkylation sites (N-methyl/N-ethyl adjacent to an activating group) is 1. The third kappa shape index (κ3) is 8.81. The molecule has 6 aromatic rings. The van der Waals surface area contributed by atoms with Gasteiger partial charge in [0.1, 0.15) is 22.9 Å². The largest absolute Gasteiger partial charge is 0.395 e. The summed E-state index contributed by atoms with van der Waals surface area (Å²) in [4.78, 5) is 20.4. The molecule has 218 valence electrons. The molecule has 0 saturated heterocycles. The molecule has 0 bridgehead atoms. The highest BCUT2D eigenvalue weighted by molar-refractivity contribution is 7.97. The number of H-pyrrole nitrogens is 2. The lowest BCUT2D eigenvalue weighted by molar-refractivity contribution is 0.264. The summed E-state index contributed by atoms with van der Waals surface area (Å²) in [5, 5.41) is 17.8.